The Morgan fingerprint density at radius 2 is 1.78 bits per heavy atom. The van der Waals surface area contributed by atoms with Gasteiger partial charge in [-0.1, -0.05) is 17.7 Å². The number of likely N-dealkylation sites (N-methyl/N-ethyl adjacent to an activating group) is 1. The molecule has 1 amide bonds. The van der Waals surface area contributed by atoms with Gasteiger partial charge in [0.15, 0.2) is 0 Å². The highest BCUT2D eigenvalue weighted by Crippen LogP contribution is 2.18. The highest BCUT2D eigenvalue weighted by molar-refractivity contribution is 6.05. The van der Waals surface area contributed by atoms with E-state index in [-0.39, 0.29) is 5.91 Å². The number of amides is 1. The lowest BCUT2D eigenvalue weighted by molar-refractivity contribution is 0.102. The summed E-state index contributed by atoms with van der Waals surface area (Å²) in [6, 6.07) is 13.3. The third-order valence-corrected chi connectivity index (χ3v) is 3.56. The summed E-state index contributed by atoms with van der Waals surface area (Å²) in [7, 11) is 4.02. The zero-order valence-electron chi connectivity index (χ0n) is 14.2. The molecule has 2 aromatic carbocycles. The molecule has 122 valence electrons. The average Bonchev–Trinajstić information content (AvgIpc) is 2.51. The molecule has 0 spiro atoms. The standard InChI is InChI=1S/C19H24N2O2/c1-14-5-6-15(2)18(13-14)19(22)20-16-7-9-17(10-8-16)23-12-11-21(3)4/h5-10,13H,11-12H2,1-4H3,(H,20,22). The molecule has 0 aliphatic heterocycles. The third kappa shape index (κ3) is 5.11. The van der Waals surface area contributed by atoms with Crippen molar-refractivity contribution in [1.82, 2.24) is 4.90 Å². The molecular weight excluding hydrogens is 288 g/mol. The first-order valence-electron chi connectivity index (χ1n) is 7.72. The van der Waals surface area contributed by atoms with E-state index in [1.54, 1.807) is 0 Å². The molecule has 23 heavy (non-hydrogen) atoms. The largest absolute Gasteiger partial charge is 0.492 e. The van der Waals surface area contributed by atoms with E-state index in [0.29, 0.717) is 12.2 Å². The Kier molecular flexibility index (Phi) is 5.77. The number of nitrogens with one attached hydrogen (secondary N) is 1. The predicted octanol–water partition coefficient (Wildman–Crippen LogP) is 3.50. The van der Waals surface area contributed by atoms with Crippen LogP contribution in [-0.4, -0.2) is 38.1 Å². The van der Waals surface area contributed by atoms with Crippen LogP contribution in [0, 0.1) is 13.8 Å². The Labute approximate surface area is 138 Å². The second kappa shape index (κ2) is 7.79. The van der Waals surface area contributed by atoms with Crippen LogP contribution in [-0.2, 0) is 0 Å². The maximum Gasteiger partial charge on any atom is 0.255 e. The van der Waals surface area contributed by atoms with Gasteiger partial charge >= 0.3 is 0 Å². The van der Waals surface area contributed by atoms with Gasteiger partial charge in [-0.2, -0.15) is 0 Å². The number of aryl methyl sites for hydroxylation is 2. The van der Waals surface area contributed by atoms with Crippen LogP contribution in [0.4, 0.5) is 5.69 Å². The van der Waals surface area contributed by atoms with E-state index in [9.17, 15) is 4.79 Å². The summed E-state index contributed by atoms with van der Waals surface area (Å²) in [5, 5.41) is 2.93. The van der Waals surface area contributed by atoms with E-state index in [4.69, 9.17) is 4.74 Å². The van der Waals surface area contributed by atoms with E-state index in [2.05, 4.69) is 10.2 Å². The van der Waals surface area contributed by atoms with Crippen molar-refractivity contribution in [3.8, 4) is 5.75 Å². The van der Waals surface area contributed by atoms with Gasteiger partial charge < -0.3 is 15.0 Å². The summed E-state index contributed by atoms with van der Waals surface area (Å²) in [6.07, 6.45) is 0. The van der Waals surface area contributed by atoms with Gasteiger partial charge in [-0.25, -0.2) is 0 Å². The summed E-state index contributed by atoms with van der Waals surface area (Å²) in [6.45, 7) is 5.43. The number of nitrogens with zero attached hydrogens (tertiary/aromatic N) is 1. The molecule has 0 fully saturated rings. The molecule has 0 atom stereocenters. The number of rotatable bonds is 6. The summed E-state index contributed by atoms with van der Waals surface area (Å²) in [4.78, 5) is 14.4. The lowest BCUT2D eigenvalue weighted by Crippen LogP contribution is -2.19. The number of hydrogen-bond acceptors (Lipinski definition) is 3. The van der Waals surface area contributed by atoms with Gasteiger partial charge in [-0.15, -0.1) is 0 Å². The highest BCUT2D eigenvalue weighted by Gasteiger charge is 2.09. The van der Waals surface area contributed by atoms with Crippen molar-refractivity contribution in [1.29, 1.82) is 0 Å². The topological polar surface area (TPSA) is 41.6 Å². The zero-order valence-corrected chi connectivity index (χ0v) is 14.2. The summed E-state index contributed by atoms with van der Waals surface area (Å²) >= 11 is 0. The number of benzene rings is 2. The number of carbonyl (C=O) groups excluding carboxylic acids is 1. The molecule has 0 saturated carbocycles. The van der Waals surface area contributed by atoms with Crippen LogP contribution in [0.3, 0.4) is 0 Å². The molecule has 2 aromatic rings. The van der Waals surface area contributed by atoms with Gasteiger partial charge in [0.2, 0.25) is 0 Å². The summed E-state index contributed by atoms with van der Waals surface area (Å²) in [5.41, 5.74) is 3.51. The van der Waals surface area contributed by atoms with E-state index in [0.717, 1.165) is 29.1 Å². The maximum absolute atomic E-state index is 12.4. The van der Waals surface area contributed by atoms with Crippen molar-refractivity contribution in [3.05, 3.63) is 59.2 Å². The molecule has 0 saturated heterocycles. The van der Waals surface area contributed by atoms with Crippen LogP contribution in [0.1, 0.15) is 21.5 Å². The SMILES string of the molecule is Cc1ccc(C)c(C(=O)Nc2ccc(OCCN(C)C)cc2)c1. The first-order chi connectivity index (χ1) is 11.0. The number of hydrogen-bond donors (Lipinski definition) is 1. The zero-order chi connectivity index (χ0) is 16.8. The second-order valence-electron chi connectivity index (χ2n) is 5.95. The summed E-state index contributed by atoms with van der Waals surface area (Å²) < 4.78 is 5.64. The molecule has 2 rings (SSSR count). The fourth-order valence-corrected chi connectivity index (χ4v) is 2.16. The molecular formula is C19H24N2O2. The molecule has 0 aliphatic rings. The highest BCUT2D eigenvalue weighted by atomic mass is 16.5. The van der Waals surface area contributed by atoms with E-state index in [1.807, 2.05) is 70.4 Å². The first-order valence-corrected chi connectivity index (χ1v) is 7.72. The van der Waals surface area contributed by atoms with Crippen molar-refractivity contribution in [2.45, 2.75) is 13.8 Å². The molecule has 0 aromatic heterocycles. The van der Waals surface area contributed by atoms with Crippen molar-refractivity contribution >= 4 is 11.6 Å². The van der Waals surface area contributed by atoms with Crippen LogP contribution in [0.5, 0.6) is 5.75 Å². The van der Waals surface area contributed by atoms with Crippen LogP contribution < -0.4 is 10.1 Å². The monoisotopic (exact) mass is 312 g/mol. The van der Waals surface area contributed by atoms with Crippen molar-refractivity contribution in [3.63, 3.8) is 0 Å². The predicted molar refractivity (Wildman–Crippen MR) is 94.4 cm³/mol. The quantitative estimate of drug-likeness (QED) is 0.887. The molecule has 0 aliphatic carbocycles. The Morgan fingerprint density at radius 3 is 2.43 bits per heavy atom. The molecule has 1 N–H and O–H groups in total. The molecule has 0 radical (unpaired) electrons. The average molecular weight is 312 g/mol. The maximum atomic E-state index is 12.4. The van der Waals surface area contributed by atoms with Crippen molar-refractivity contribution in [2.24, 2.45) is 0 Å². The van der Waals surface area contributed by atoms with E-state index < -0.39 is 0 Å². The smallest absolute Gasteiger partial charge is 0.255 e. The molecule has 0 unspecified atom stereocenters. The van der Waals surface area contributed by atoms with E-state index >= 15 is 0 Å². The lowest BCUT2D eigenvalue weighted by Gasteiger charge is -2.12. The third-order valence-electron chi connectivity index (χ3n) is 3.56. The Balaban J connectivity index is 1.97. The fraction of sp³-hybridized carbons (Fsp3) is 0.316. The molecule has 4 heteroatoms. The van der Waals surface area contributed by atoms with Gasteiger partial charge in [0.05, 0.1) is 0 Å². The van der Waals surface area contributed by atoms with Crippen LogP contribution in [0.25, 0.3) is 0 Å². The van der Waals surface area contributed by atoms with Crippen LogP contribution in [0.2, 0.25) is 0 Å². The number of carbonyl (C=O) groups is 1. The normalized spacial score (nSPS) is 10.7. The van der Waals surface area contributed by atoms with Crippen LogP contribution in [0.15, 0.2) is 42.5 Å². The van der Waals surface area contributed by atoms with Crippen LogP contribution >= 0.6 is 0 Å². The minimum Gasteiger partial charge on any atom is -0.492 e. The van der Waals surface area contributed by atoms with Gasteiger partial charge in [0.1, 0.15) is 12.4 Å². The number of anilines is 1. The van der Waals surface area contributed by atoms with Crippen molar-refractivity contribution in [2.75, 3.05) is 32.6 Å². The van der Waals surface area contributed by atoms with Gasteiger partial charge in [-0.05, 0) is 63.8 Å². The first kappa shape index (κ1) is 17.0. The Morgan fingerprint density at radius 1 is 1.09 bits per heavy atom. The minimum absolute atomic E-state index is 0.0903. The molecule has 4 nitrogen and oxygen atoms in total. The summed E-state index contributed by atoms with van der Waals surface area (Å²) in [5.74, 6) is 0.712. The Bertz CT molecular complexity index is 664. The van der Waals surface area contributed by atoms with Crippen molar-refractivity contribution < 1.29 is 9.53 Å². The lowest BCUT2D eigenvalue weighted by atomic mass is 10.1. The molecule has 0 heterocycles. The number of ether oxygens (including phenoxy) is 1. The molecule has 0 bridgehead atoms. The van der Waals surface area contributed by atoms with E-state index in [1.165, 1.54) is 0 Å². The minimum atomic E-state index is -0.0903. The van der Waals surface area contributed by atoms with Gasteiger partial charge in [0.25, 0.3) is 5.91 Å². The van der Waals surface area contributed by atoms with Gasteiger partial charge in [-0.3, -0.25) is 4.79 Å². The fourth-order valence-electron chi connectivity index (χ4n) is 2.16. The Hall–Kier alpha value is -2.33. The van der Waals surface area contributed by atoms with Gasteiger partial charge in [0, 0.05) is 17.8 Å². The second-order valence-corrected chi connectivity index (χ2v) is 5.95.